The van der Waals surface area contributed by atoms with Crippen molar-refractivity contribution in [2.45, 2.75) is 76.9 Å². The molecular weight excluding hydrogens is 236 g/mol. The van der Waals surface area contributed by atoms with Gasteiger partial charge in [-0.05, 0) is 75.5 Å². The summed E-state index contributed by atoms with van der Waals surface area (Å²) in [6.45, 7) is 2.49. The molecule has 2 fully saturated rings. The molecule has 0 bridgehead atoms. The molecule has 0 heterocycles. The van der Waals surface area contributed by atoms with Gasteiger partial charge in [0.2, 0.25) is 0 Å². The second-order valence-electron chi connectivity index (χ2n) is 6.86. The maximum absolute atomic E-state index is 5.48. The summed E-state index contributed by atoms with van der Waals surface area (Å²) in [6, 6.07) is 0. The van der Waals surface area contributed by atoms with Gasteiger partial charge in [0.1, 0.15) is 0 Å². The molecule has 0 aliphatic heterocycles. The molecule has 0 radical (unpaired) electrons. The van der Waals surface area contributed by atoms with Gasteiger partial charge in [0.15, 0.2) is 0 Å². The Morgan fingerprint density at radius 3 is 1.74 bits per heavy atom. The number of methoxy groups -OCH3 is 2. The molecule has 0 saturated heterocycles. The van der Waals surface area contributed by atoms with Crippen molar-refractivity contribution in [2.24, 2.45) is 17.8 Å². The van der Waals surface area contributed by atoms with Crippen molar-refractivity contribution in [3.63, 3.8) is 0 Å². The average Bonchev–Trinajstić information content (AvgIpc) is 2.48. The third kappa shape index (κ3) is 4.46. The molecule has 1 atom stereocenters. The monoisotopic (exact) mass is 268 g/mol. The van der Waals surface area contributed by atoms with Gasteiger partial charge >= 0.3 is 0 Å². The highest BCUT2D eigenvalue weighted by molar-refractivity contribution is 4.80. The Morgan fingerprint density at radius 1 is 0.789 bits per heavy atom. The van der Waals surface area contributed by atoms with Crippen LogP contribution < -0.4 is 0 Å². The van der Waals surface area contributed by atoms with Gasteiger partial charge in [0, 0.05) is 14.2 Å². The third-order valence-electron chi connectivity index (χ3n) is 5.69. The average molecular weight is 268 g/mol. The molecule has 1 unspecified atom stereocenters. The topological polar surface area (TPSA) is 18.5 Å². The van der Waals surface area contributed by atoms with Crippen molar-refractivity contribution in [1.29, 1.82) is 0 Å². The minimum absolute atomic E-state index is 0.542. The minimum atomic E-state index is 0.542. The van der Waals surface area contributed by atoms with Crippen LogP contribution in [0.25, 0.3) is 0 Å². The molecule has 112 valence electrons. The Morgan fingerprint density at radius 2 is 1.26 bits per heavy atom. The van der Waals surface area contributed by atoms with Gasteiger partial charge in [-0.1, -0.05) is 6.92 Å². The highest BCUT2D eigenvalue weighted by atomic mass is 16.5. The summed E-state index contributed by atoms with van der Waals surface area (Å²) in [5, 5.41) is 0. The van der Waals surface area contributed by atoms with Crippen molar-refractivity contribution in [2.75, 3.05) is 14.2 Å². The van der Waals surface area contributed by atoms with Crippen LogP contribution in [0, 0.1) is 17.8 Å². The maximum atomic E-state index is 5.48. The van der Waals surface area contributed by atoms with Crippen LogP contribution in [-0.4, -0.2) is 26.4 Å². The Bertz CT molecular complexity index is 238. The lowest BCUT2D eigenvalue weighted by Crippen LogP contribution is -2.27. The molecule has 0 aromatic heterocycles. The van der Waals surface area contributed by atoms with Gasteiger partial charge in [0.25, 0.3) is 0 Å². The molecular formula is C17H32O2. The quantitative estimate of drug-likeness (QED) is 0.734. The minimum Gasteiger partial charge on any atom is -0.381 e. The van der Waals surface area contributed by atoms with Crippen LogP contribution >= 0.6 is 0 Å². The Labute approximate surface area is 119 Å². The van der Waals surface area contributed by atoms with Gasteiger partial charge in [-0.15, -0.1) is 0 Å². The molecule has 2 aliphatic rings. The lowest BCUT2D eigenvalue weighted by molar-refractivity contribution is 0.0363. The molecule has 0 aromatic rings. The second kappa shape index (κ2) is 7.64. The molecule has 19 heavy (non-hydrogen) atoms. The Kier molecular flexibility index (Phi) is 6.15. The standard InChI is InChI=1S/C17H32O2/c1-13(15-6-10-17(19-3)11-7-15)12-14-4-8-16(18-2)9-5-14/h13-17H,4-12H2,1-3H3. The van der Waals surface area contributed by atoms with Crippen LogP contribution in [0.5, 0.6) is 0 Å². The SMILES string of the molecule is COC1CCC(CC(C)C2CCC(OC)CC2)CC1. The van der Waals surface area contributed by atoms with E-state index in [1.54, 1.807) is 0 Å². The van der Waals surface area contributed by atoms with Crippen molar-refractivity contribution >= 4 is 0 Å². The first-order chi connectivity index (χ1) is 9.22. The van der Waals surface area contributed by atoms with E-state index in [0.717, 1.165) is 17.8 Å². The van der Waals surface area contributed by atoms with E-state index in [0.29, 0.717) is 12.2 Å². The number of ether oxygens (including phenoxy) is 2. The summed E-state index contributed by atoms with van der Waals surface area (Å²) in [5.41, 5.74) is 0. The van der Waals surface area contributed by atoms with Gasteiger partial charge in [-0.25, -0.2) is 0 Å². The van der Waals surface area contributed by atoms with Crippen molar-refractivity contribution in [1.82, 2.24) is 0 Å². The molecule has 2 rings (SSSR count). The smallest absolute Gasteiger partial charge is 0.0571 e. The van der Waals surface area contributed by atoms with E-state index in [4.69, 9.17) is 9.47 Å². The summed E-state index contributed by atoms with van der Waals surface area (Å²) >= 11 is 0. The van der Waals surface area contributed by atoms with E-state index in [1.807, 2.05) is 14.2 Å². The molecule has 2 saturated carbocycles. The lowest BCUT2D eigenvalue weighted by Gasteiger charge is -2.35. The van der Waals surface area contributed by atoms with Crippen LogP contribution in [0.2, 0.25) is 0 Å². The largest absolute Gasteiger partial charge is 0.381 e. The predicted octanol–water partition coefficient (Wildman–Crippen LogP) is 4.42. The van der Waals surface area contributed by atoms with E-state index in [1.165, 1.54) is 57.8 Å². The normalized spacial score (nSPS) is 38.1. The molecule has 2 aliphatic carbocycles. The lowest BCUT2D eigenvalue weighted by atomic mass is 9.73. The predicted molar refractivity (Wildman–Crippen MR) is 79.3 cm³/mol. The van der Waals surface area contributed by atoms with Crippen LogP contribution in [0.4, 0.5) is 0 Å². The van der Waals surface area contributed by atoms with E-state index in [-0.39, 0.29) is 0 Å². The van der Waals surface area contributed by atoms with E-state index < -0.39 is 0 Å². The summed E-state index contributed by atoms with van der Waals surface area (Å²) in [5.74, 6) is 2.81. The fraction of sp³-hybridized carbons (Fsp3) is 1.00. The number of rotatable bonds is 5. The Balaban J connectivity index is 1.68. The van der Waals surface area contributed by atoms with E-state index in [9.17, 15) is 0 Å². The fourth-order valence-electron chi connectivity index (χ4n) is 4.21. The van der Waals surface area contributed by atoms with Crippen LogP contribution in [0.3, 0.4) is 0 Å². The zero-order chi connectivity index (χ0) is 13.7. The highest BCUT2D eigenvalue weighted by Gasteiger charge is 2.28. The van der Waals surface area contributed by atoms with E-state index >= 15 is 0 Å². The van der Waals surface area contributed by atoms with E-state index in [2.05, 4.69) is 6.92 Å². The first-order valence-electron chi connectivity index (χ1n) is 8.28. The molecule has 2 nitrogen and oxygen atoms in total. The molecule has 0 spiro atoms. The first kappa shape index (κ1) is 15.3. The zero-order valence-corrected chi connectivity index (χ0v) is 13.1. The third-order valence-corrected chi connectivity index (χ3v) is 5.69. The van der Waals surface area contributed by atoms with Gasteiger partial charge in [-0.2, -0.15) is 0 Å². The number of hydrogen-bond acceptors (Lipinski definition) is 2. The molecule has 0 amide bonds. The van der Waals surface area contributed by atoms with Crippen molar-refractivity contribution in [3.05, 3.63) is 0 Å². The summed E-state index contributed by atoms with van der Waals surface area (Å²) in [7, 11) is 3.73. The van der Waals surface area contributed by atoms with Gasteiger partial charge in [-0.3, -0.25) is 0 Å². The molecule has 0 aromatic carbocycles. The number of hydrogen-bond donors (Lipinski definition) is 0. The van der Waals surface area contributed by atoms with Gasteiger partial charge < -0.3 is 9.47 Å². The second-order valence-corrected chi connectivity index (χ2v) is 6.86. The zero-order valence-electron chi connectivity index (χ0n) is 13.1. The van der Waals surface area contributed by atoms with Crippen LogP contribution in [-0.2, 0) is 9.47 Å². The Hall–Kier alpha value is -0.0800. The van der Waals surface area contributed by atoms with Crippen LogP contribution in [0.15, 0.2) is 0 Å². The van der Waals surface area contributed by atoms with Crippen molar-refractivity contribution < 1.29 is 9.47 Å². The molecule has 2 heteroatoms. The maximum Gasteiger partial charge on any atom is 0.0571 e. The van der Waals surface area contributed by atoms with Crippen LogP contribution in [0.1, 0.15) is 64.7 Å². The summed E-state index contributed by atoms with van der Waals surface area (Å²) < 4.78 is 11.0. The van der Waals surface area contributed by atoms with Crippen molar-refractivity contribution in [3.8, 4) is 0 Å². The highest BCUT2D eigenvalue weighted by Crippen LogP contribution is 2.37. The first-order valence-corrected chi connectivity index (χ1v) is 8.28. The summed E-state index contributed by atoms with van der Waals surface area (Å²) in [6.07, 6.45) is 13.2. The molecule has 0 N–H and O–H groups in total. The van der Waals surface area contributed by atoms with Gasteiger partial charge in [0.05, 0.1) is 12.2 Å². The summed E-state index contributed by atoms with van der Waals surface area (Å²) in [4.78, 5) is 0. The fourth-order valence-corrected chi connectivity index (χ4v) is 4.21.